The van der Waals surface area contributed by atoms with Crippen molar-refractivity contribution in [3.63, 3.8) is 0 Å². The summed E-state index contributed by atoms with van der Waals surface area (Å²) in [6, 6.07) is 0. The third kappa shape index (κ3) is 1.84. The highest BCUT2D eigenvalue weighted by Crippen LogP contribution is 2.20. The molecule has 1 aromatic heterocycles. The summed E-state index contributed by atoms with van der Waals surface area (Å²) < 4.78 is 25.6. The van der Waals surface area contributed by atoms with E-state index in [1.165, 1.54) is 0 Å². The summed E-state index contributed by atoms with van der Waals surface area (Å²) in [5.41, 5.74) is 3.70. The fraction of sp³-hybridized carbons (Fsp3) is 0.500. The molecule has 0 unspecified atom stereocenters. The standard InChI is InChI=1S/C6H8F2N4O2/c7-5(8)4-3(6(13)14)10-11-12(4)2-1-9/h5H,1-2,9H2,(H,13,14). The van der Waals surface area contributed by atoms with Crippen molar-refractivity contribution in [1.29, 1.82) is 0 Å². The van der Waals surface area contributed by atoms with Crippen LogP contribution in [0.4, 0.5) is 8.78 Å². The molecular weight excluding hydrogens is 198 g/mol. The van der Waals surface area contributed by atoms with Crippen LogP contribution in [0.25, 0.3) is 0 Å². The number of halogens is 2. The lowest BCUT2D eigenvalue weighted by Crippen LogP contribution is -2.15. The predicted molar refractivity (Wildman–Crippen MR) is 41.0 cm³/mol. The first kappa shape index (κ1) is 10.5. The summed E-state index contributed by atoms with van der Waals surface area (Å²) in [6.07, 6.45) is -2.93. The van der Waals surface area contributed by atoms with E-state index in [0.717, 1.165) is 4.68 Å². The maximum absolute atomic E-state index is 12.4. The average Bonchev–Trinajstić information content (AvgIpc) is 2.48. The van der Waals surface area contributed by atoms with Crippen molar-refractivity contribution >= 4 is 5.97 Å². The molecule has 0 aliphatic carbocycles. The third-order valence-corrected chi connectivity index (χ3v) is 1.52. The number of aromatic nitrogens is 3. The molecule has 0 aliphatic heterocycles. The number of rotatable bonds is 4. The van der Waals surface area contributed by atoms with Gasteiger partial charge in [0.1, 0.15) is 5.69 Å². The van der Waals surface area contributed by atoms with E-state index in [1.54, 1.807) is 0 Å². The minimum absolute atomic E-state index is 0.0138. The smallest absolute Gasteiger partial charge is 0.358 e. The minimum atomic E-state index is -2.93. The Kier molecular flexibility index (Phi) is 3.07. The number of nitrogens with zero attached hydrogens (tertiary/aromatic N) is 3. The zero-order valence-electron chi connectivity index (χ0n) is 7.02. The Hall–Kier alpha value is -1.57. The van der Waals surface area contributed by atoms with Crippen molar-refractivity contribution in [3.8, 4) is 0 Å². The van der Waals surface area contributed by atoms with Crippen LogP contribution in [0.5, 0.6) is 0 Å². The van der Waals surface area contributed by atoms with E-state index in [0.29, 0.717) is 0 Å². The number of carbonyl (C=O) groups is 1. The van der Waals surface area contributed by atoms with Gasteiger partial charge in [-0.2, -0.15) is 0 Å². The van der Waals surface area contributed by atoms with Crippen LogP contribution in [0.2, 0.25) is 0 Å². The molecule has 0 bridgehead atoms. The quantitative estimate of drug-likeness (QED) is 0.715. The number of hydrogen-bond acceptors (Lipinski definition) is 4. The maximum atomic E-state index is 12.4. The Labute approximate surface area is 77.3 Å². The Bertz CT molecular complexity index is 339. The van der Waals surface area contributed by atoms with Crippen molar-refractivity contribution in [3.05, 3.63) is 11.4 Å². The highest BCUT2D eigenvalue weighted by molar-refractivity contribution is 5.86. The van der Waals surface area contributed by atoms with Gasteiger partial charge in [0.2, 0.25) is 0 Å². The molecule has 0 saturated carbocycles. The molecular formula is C6H8F2N4O2. The highest BCUT2D eigenvalue weighted by atomic mass is 19.3. The summed E-state index contributed by atoms with van der Waals surface area (Å²) in [5, 5.41) is 14.9. The molecule has 1 rings (SSSR count). The topological polar surface area (TPSA) is 94.0 Å². The van der Waals surface area contributed by atoms with Gasteiger partial charge in [-0.3, -0.25) is 0 Å². The van der Waals surface area contributed by atoms with Gasteiger partial charge in [0, 0.05) is 6.54 Å². The van der Waals surface area contributed by atoms with Gasteiger partial charge in [0.25, 0.3) is 6.43 Å². The van der Waals surface area contributed by atoms with Gasteiger partial charge in [-0.05, 0) is 0 Å². The Morgan fingerprint density at radius 3 is 2.71 bits per heavy atom. The zero-order valence-corrected chi connectivity index (χ0v) is 7.02. The molecule has 78 valence electrons. The van der Waals surface area contributed by atoms with Gasteiger partial charge < -0.3 is 10.8 Å². The molecule has 0 atom stereocenters. The highest BCUT2D eigenvalue weighted by Gasteiger charge is 2.25. The van der Waals surface area contributed by atoms with Crippen molar-refractivity contribution in [2.24, 2.45) is 5.73 Å². The van der Waals surface area contributed by atoms with Crippen molar-refractivity contribution in [2.75, 3.05) is 6.54 Å². The molecule has 1 aromatic rings. The Balaban J connectivity index is 3.13. The van der Waals surface area contributed by atoms with Gasteiger partial charge in [0.15, 0.2) is 5.69 Å². The fourth-order valence-corrected chi connectivity index (χ4v) is 0.976. The number of carboxylic acids is 1. The van der Waals surface area contributed by atoms with Gasteiger partial charge in [-0.1, -0.05) is 5.21 Å². The minimum Gasteiger partial charge on any atom is -0.476 e. The summed E-state index contributed by atoms with van der Waals surface area (Å²) >= 11 is 0. The van der Waals surface area contributed by atoms with Gasteiger partial charge in [-0.25, -0.2) is 18.3 Å². The average molecular weight is 206 g/mol. The van der Waals surface area contributed by atoms with E-state index in [-0.39, 0.29) is 13.1 Å². The fourth-order valence-electron chi connectivity index (χ4n) is 0.976. The van der Waals surface area contributed by atoms with Crippen LogP contribution in [0.1, 0.15) is 22.6 Å². The van der Waals surface area contributed by atoms with E-state index in [1.807, 2.05) is 0 Å². The second kappa shape index (κ2) is 4.09. The number of aromatic carboxylic acids is 1. The SMILES string of the molecule is NCCn1nnc(C(=O)O)c1C(F)F. The van der Waals surface area contributed by atoms with E-state index in [2.05, 4.69) is 10.3 Å². The summed E-state index contributed by atoms with van der Waals surface area (Å²) in [5.74, 6) is -1.52. The first-order chi connectivity index (χ1) is 6.57. The molecule has 0 radical (unpaired) electrons. The maximum Gasteiger partial charge on any atom is 0.358 e. The number of alkyl halides is 2. The van der Waals surface area contributed by atoms with E-state index >= 15 is 0 Å². The lowest BCUT2D eigenvalue weighted by molar-refractivity contribution is 0.0675. The second-order valence-electron chi connectivity index (χ2n) is 2.44. The van der Waals surface area contributed by atoms with Gasteiger partial charge in [0.05, 0.1) is 6.54 Å². The van der Waals surface area contributed by atoms with Crippen LogP contribution in [0.15, 0.2) is 0 Å². The summed E-state index contributed by atoms with van der Waals surface area (Å²) in [7, 11) is 0. The normalized spacial score (nSPS) is 10.9. The van der Waals surface area contributed by atoms with Crippen molar-refractivity contribution in [1.82, 2.24) is 15.0 Å². The number of nitrogens with two attached hydrogens (primary N) is 1. The van der Waals surface area contributed by atoms with E-state index < -0.39 is 23.8 Å². The predicted octanol–water partition coefficient (Wildman–Crippen LogP) is -0.127. The van der Waals surface area contributed by atoms with Crippen LogP contribution in [-0.4, -0.2) is 32.6 Å². The van der Waals surface area contributed by atoms with Crippen molar-refractivity contribution in [2.45, 2.75) is 13.0 Å². The Morgan fingerprint density at radius 1 is 1.64 bits per heavy atom. The largest absolute Gasteiger partial charge is 0.476 e. The van der Waals surface area contributed by atoms with Crippen LogP contribution in [-0.2, 0) is 6.54 Å². The van der Waals surface area contributed by atoms with E-state index in [4.69, 9.17) is 10.8 Å². The molecule has 3 N–H and O–H groups in total. The first-order valence-corrected chi connectivity index (χ1v) is 3.72. The lowest BCUT2D eigenvalue weighted by Gasteiger charge is -2.03. The number of carboxylic acid groups (broad SMARTS) is 1. The Morgan fingerprint density at radius 2 is 2.29 bits per heavy atom. The number of hydrogen-bond donors (Lipinski definition) is 2. The summed E-state index contributed by atoms with van der Waals surface area (Å²) in [6.45, 7) is 0.0993. The molecule has 0 fully saturated rings. The van der Waals surface area contributed by atoms with Gasteiger partial charge in [-0.15, -0.1) is 5.10 Å². The molecule has 0 spiro atoms. The molecule has 14 heavy (non-hydrogen) atoms. The summed E-state index contributed by atoms with van der Waals surface area (Å²) in [4.78, 5) is 10.5. The molecule has 0 aliphatic rings. The monoisotopic (exact) mass is 206 g/mol. The van der Waals surface area contributed by atoms with Crippen LogP contribution >= 0.6 is 0 Å². The van der Waals surface area contributed by atoms with E-state index in [9.17, 15) is 13.6 Å². The molecule has 8 heteroatoms. The van der Waals surface area contributed by atoms with Crippen LogP contribution in [0, 0.1) is 0 Å². The second-order valence-corrected chi connectivity index (χ2v) is 2.44. The molecule has 1 heterocycles. The molecule has 6 nitrogen and oxygen atoms in total. The van der Waals surface area contributed by atoms with Gasteiger partial charge >= 0.3 is 5.97 Å². The first-order valence-electron chi connectivity index (χ1n) is 3.72. The van der Waals surface area contributed by atoms with Crippen LogP contribution in [0.3, 0.4) is 0 Å². The lowest BCUT2D eigenvalue weighted by atomic mass is 10.3. The zero-order chi connectivity index (χ0) is 10.7. The van der Waals surface area contributed by atoms with Crippen molar-refractivity contribution < 1.29 is 18.7 Å². The molecule has 0 amide bonds. The molecule has 0 aromatic carbocycles. The third-order valence-electron chi connectivity index (χ3n) is 1.52. The molecule has 0 saturated heterocycles. The van der Waals surface area contributed by atoms with Crippen LogP contribution < -0.4 is 5.73 Å².